The van der Waals surface area contributed by atoms with E-state index in [1.54, 1.807) is 53.4 Å². The van der Waals surface area contributed by atoms with E-state index in [2.05, 4.69) is 15.0 Å². The number of aryl methyl sites for hydroxylation is 1. The lowest BCUT2D eigenvalue weighted by Gasteiger charge is -2.15. The first-order chi connectivity index (χ1) is 15.8. The number of nitrogens with zero attached hydrogens (tertiary/aromatic N) is 3. The fourth-order valence-corrected chi connectivity index (χ4v) is 4.22. The Labute approximate surface area is 189 Å². The van der Waals surface area contributed by atoms with Crippen molar-refractivity contribution in [2.24, 2.45) is 14.1 Å². The summed E-state index contributed by atoms with van der Waals surface area (Å²) < 4.78 is 4.15. The van der Waals surface area contributed by atoms with Crippen LogP contribution in [0.15, 0.2) is 68.0 Å². The van der Waals surface area contributed by atoms with Gasteiger partial charge in [0.2, 0.25) is 0 Å². The van der Waals surface area contributed by atoms with Crippen LogP contribution in [-0.2, 0) is 14.1 Å². The highest BCUT2D eigenvalue weighted by atomic mass is 35.5. The van der Waals surface area contributed by atoms with Crippen LogP contribution in [0, 0.1) is 0 Å². The number of rotatable bonds is 3. The predicted octanol–water partition coefficient (Wildman–Crippen LogP) is 1.72. The molecular weight excluding hydrogens is 448 g/mol. The molecule has 0 bridgehead atoms. The fraction of sp³-hybridized carbons (Fsp3) is 0.0909. The molecule has 0 aliphatic heterocycles. The van der Waals surface area contributed by atoms with Crippen LogP contribution in [0.4, 0.5) is 0 Å². The van der Waals surface area contributed by atoms with E-state index in [0.29, 0.717) is 16.3 Å². The zero-order valence-corrected chi connectivity index (χ0v) is 18.2. The first-order valence-corrected chi connectivity index (χ1v) is 10.2. The van der Waals surface area contributed by atoms with E-state index in [4.69, 9.17) is 11.6 Å². The van der Waals surface area contributed by atoms with Crippen LogP contribution < -0.4 is 22.5 Å². The van der Waals surface area contributed by atoms with Gasteiger partial charge in [-0.05, 0) is 24.3 Å². The molecule has 10 nitrogen and oxygen atoms in total. The quantitative estimate of drug-likeness (QED) is 0.375. The van der Waals surface area contributed by atoms with Crippen molar-refractivity contribution in [3.8, 4) is 28.2 Å². The van der Waals surface area contributed by atoms with Gasteiger partial charge in [0, 0.05) is 42.6 Å². The molecule has 4 aromatic heterocycles. The van der Waals surface area contributed by atoms with Crippen molar-refractivity contribution in [2.45, 2.75) is 0 Å². The molecule has 5 aromatic rings. The van der Waals surface area contributed by atoms with Crippen molar-refractivity contribution in [3.63, 3.8) is 0 Å². The number of halogens is 1. The molecule has 0 spiro atoms. The van der Waals surface area contributed by atoms with Gasteiger partial charge < -0.3 is 9.55 Å². The Bertz CT molecular complexity index is 1780. The maximum atomic E-state index is 13.3. The summed E-state index contributed by atoms with van der Waals surface area (Å²) in [5.74, 6) is 0.256. The maximum absolute atomic E-state index is 13.3. The zero-order chi connectivity index (χ0) is 23.4. The lowest BCUT2D eigenvalue weighted by atomic mass is 10.00. The predicted molar refractivity (Wildman–Crippen MR) is 125 cm³/mol. The summed E-state index contributed by atoms with van der Waals surface area (Å²) in [6, 6.07) is 10.4. The number of hydrogen-bond donors (Lipinski definition) is 3. The van der Waals surface area contributed by atoms with Gasteiger partial charge in [-0.1, -0.05) is 23.7 Å². The van der Waals surface area contributed by atoms with Crippen LogP contribution in [0.3, 0.4) is 0 Å². The molecule has 5 rings (SSSR count). The fourth-order valence-electron chi connectivity index (χ4n) is 4.03. The molecule has 0 saturated heterocycles. The van der Waals surface area contributed by atoms with Gasteiger partial charge >= 0.3 is 11.4 Å². The third-order valence-electron chi connectivity index (χ3n) is 5.57. The lowest BCUT2D eigenvalue weighted by Crippen LogP contribution is -2.33. The van der Waals surface area contributed by atoms with Crippen LogP contribution >= 0.6 is 11.6 Å². The van der Waals surface area contributed by atoms with Gasteiger partial charge in [-0.2, -0.15) is 0 Å². The van der Waals surface area contributed by atoms with Gasteiger partial charge in [0.1, 0.15) is 11.5 Å². The van der Waals surface area contributed by atoms with Crippen LogP contribution in [0.5, 0.6) is 0 Å². The third kappa shape index (κ3) is 3.11. The molecule has 0 saturated carbocycles. The van der Waals surface area contributed by atoms with Crippen molar-refractivity contribution in [2.75, 3.05) is 0 Å². The first-order valence-electron chi connectivity index (χ1n) is 9.86. The Morgan fingerprint density at radius 3 is 2.15 bits per heavy atom. The Morgan fingerprint density at radius 1 is 0.788 bits per heavy atom. The highest BCUT2D eigenvalue weighted by Gasteiger charge is 2.26. The van der Waals surface area contributed by atoms with Crippen LogP contribution in [0.2, 0.25) is 5.02 Å². The average molecular weight is 465 g/mol. The van der Waals surface area contributed by atoms with Crippen molar-refractivity contribution >= 4 is 22.6 Å². The lowest BCUT2D eigenvalue weighted by molar-refractivity contribution is 0.755. The highest BCUT2D eigenvalue weighted by molar-refractivity contribution is 6.30. The van der Waals surface area contributed by atoms with E-state index >= 15 is 0 Å². The van der Waals surface area contributed by atoms with Crippen molar-refractivity contribution in [3.05, 3.63) is 95.5 Å². The number of benzene rings is 1. The molecule has 1 aromatic carbocycles. The molecular formula is C22H17ClN6O4. The minimum atomic E-state index is -0.681. The molecule has 0 fully saturated rings. The molecule has 33 heavy (non-hydrogen) atoms. The second-order valence-corrected chi connectivity index (χ2v) is 7.97. The molecule has 0 amide bonds. The molecule has 11 heteroatoms. The third-order valence-corrected chi connectivity index (χ3v) is 5.81. The van der Waals surface area contributed by atoms with Gasteiger partial charge in [-0.3, -0.25) is 28.7 Å². The Balaban J connectivity index is 2.06. The monoisotopic (exact) mass is 464 g/mol. The molecule has 3 N–H and O–H groups in total. The summed E-state index contributed by atoms with van der Waals surface area (Å²) in [4.78, 5) is 58.7. The zero-order valence-electron chi connectivity index (χ0n) is 17.5. The second kappa shape index (κ2) is 7.38. The van der Waals surface area contributed by atoms with Crippen LogP contribution in [0.25, 0.3) is 39.2 Å². The second-order valence-electron chi connectivity index (χ2n) is 7.53. The van der Waals surface area contributed by atoms with Crippen LogP contribution in [-0.4, -0.2) is 28.7 Å². The molecule has 0 unspecified atom stereocenters. The summed E-state index contributed by atoms with van der Waals surface area (Å²) in [5.41, 5.74) is -1.04. The molecule has 4 heterocycles. The number of aromatic amines is 3. The van der Waals surface area contributed by atoms with Crippen LogP contribution in [0.1, 0.15) is 0 Å². The smallest absolute Gasteiger partial charge is 0.329 e. The SMILES string of the molecule is Cn1c(-n2cccc2)c(-c2c(-c3cccc(Cl)c3)[nH]c3c2c(=O)[nH]c(=O)n3C)c(=O)[nH]c1=O. The van der Waals surface area contributed by atoms with E-state index in [1.165, 1.54) is 23.2 Å². The van der Waals surface area contributed by atoms with Gasteiger partial charge in [-0.15, -0.1) is 0 Å². The van der Waals surface area contributed by atoms with E-state index in [0.717, 1.165) is 0 Å². The normalized spacial score (nSPS) is 11.4. The Hall–Kier alpha value is -4.31. The standard InChI is InChI=1S/C22H17ClN6O4/c1-27-17-14(18(30)25-21(27)32)13(16(24-17)11-6-5-7-12(23)10-11)15-19(31)26-22(33)28(2)20(15)29-8-3-4-9-29/h3-10,24H,1-2H3,(H,25,30,32)(H,26,31,33). The topological polar surface area (TPSA) is 130 Å². The summed E-state index contributed by atoms with van der Waals surface area (Å²) >= 11 is 6.21. The number of nitrogens with one attached hydrogen (secondary N) is 3. The van der Waals surface area contributed by atoms with E-state index < -0.39 is 22.5 Å². The van der Waals surface area contributed by atoms with Gasteiger partial charge in [0.15, 0.2) is 0 Å². The Morgan fingerprint density at radius 2 is 1.45 bits per heavy atom. The molecule has 0 aliphatic rings. The first kappa shape index (κ1) is 20.6. The summed E-state index contributed by atoms with van der Waals surface area (Å²) in [5, 5.41) is 0.546. The van der Waals surface area contributed by atoms with Gasteiger partial charge in [0.05, 0.1) is 16.6 Å². The number of H-pyrrole nitrogens is 3. The summed E-state index contributed by atoms with van der Waals surface area (Å²) in [6.45, 7) is 0. The molecule has 166 valence electrons. The van der Waals surface area contributed by atoms with E-state index in [9.17, 15) is 19.2 Å². The molecule has 0 radical (unpaired) electrons. The average Bonchev–Trinajstić information content (AvgIpc) is 3.43. The number of aromatic nitrogens is 6. The van der Waals surface area contributed by atoms with Crippen molar-refractivity contribution in [1.29, 1.82) is 0 Å². The highest BCUT2D eigenvalue weighted by Crippen LogP contribution is 2.37. The largest absolute Gasteiger partial charge is 0.340 e. The van der Waals surface area contributed by atoms with Gasteiger partial charge in [-0.25, -0.2) is 9.59 Å². The molecule has 0 atom stereocenters. The minimum absolute atomic E-state index is 0.0821. The maximum Gasteiger partial charge on any atom is 0.329 e. The molecule has 0 aliphatic carbocycles. The van der Waals surface area contributed by atoms with Gasteiger partial charge in [0.25, 0.3) is 11.1 Å². The van der Waals surface area contributed by atoms with E-state index in [-0.39, 0.29) is 28.0 Å². The number of fused-ring (bicyclic) bond motifs is 1. The summed E-state index contributed by atoms with van der Waals surface area (Å²) in [7, 11) is 3.02. The minimum Gasteiger partial charge on any atom is -0.340 e. The van der Waals surface area contributed by atoms with Crippen molar-refractivity contribution < 1.29 is 0 Å². The number of hydrogen-bond acceptors (Lipinski definition) is 4. The Kier molecular flexibility index (Phi) is 4.61. The van der Waals surface area contributed by atoms with Crippen molar-refractivity contribution in [1.82, 2.24) is 28.7 Å². The van der Waals surface area contributed by atoms with E-state index in [1.807, 2.05) is 0 Å². The summed E-state index contributed by atoms with van der Waals surface area (Å²) in [6.07, 6.45) is 3.37.